The number of hydrogen-bond donors (Lipinski definition) is 2. The zero-order chi connectivity index (χ0) is 19.1. The maximum absolute atomic E-state index is 11.5. The Morgan fingerprint density at radius 3 is 1.77 bits per heavy atom. The van der Waals surface area contributed by atoms with Gasteiger partial charge in [-0.1, -0.05) is 83.3 Å². The zero-order valence-electron chi connectivity index (χ0n) is 17.6. The first kappa shape index (κ1) is 25.2. The maximum Gasteiger partial charge on any atom is 0.219 e. The summed E-state index contributed by atoms with van der Waals surface area (Å²) >= 11 is 0. The quantitative estimate of drug-likeness (QED) is 0.197. The summed E-state index contributed by atoms with van der Waals surface area (Å²) in [5.74, 6) is 0.186. The number of rotatable bonds is 20. The van der Waals surface area contributed by atoms with Crippen molar-refractivity contribution in [1.29, 1.82) is 0 Å². The van der Waals surface area contributed by atoms with Crippen LogP contribution in [-0.4, -0.2) is 19.0 Å². The van der Waals surface area contributed by atoms with E-state index in [9.17, 15) is 4.79 Å². The highest BCUT2D eigenvalue weighted by atomic mass is 16.1. The van der Waals surface area contributed by atoms with Crippen molar-refractivity contribution in [1.82, 2.24) is 5.32 Å². The van der Waals surface area contributed by atoms with Gasteiger partial charge >= 0.3 is 0 Å². The predicted molar refractivity (Wildman–Crippen MR) is 115 cm³/mol. The second-order valence-corrected chi connectivity index (χ2v) is 7.53. The SMILES string of the molecule is CCCCCCCC/C=C/CCCCCCCCCC(=O)NCCCN. The van der Waals surface area contributed by atoms with E-state index in [1.165, 1.54) is 89.9 Å². The lowest BCUT2D eigenvalue weighted by molar-refractivity contribution is -0.121. The minimum Gasteiger partial charge on any atom is -0.356 e. The molecule has 0 aromatic heterocycles. The van der Waals surface area contributed by atoms with Crippen LogP contribution in [0.4, 0.5) is 0 Å². The number of carbonyl (C=O) groups is 1. The third kappa shape index (κ3) is 21.2. The fourth-order valence-corrected chi connectivity index (χ4v) is 3.13. The topological polar surface area (TPSA) is 55.1 Å². The van der Waals surface area contributed by atoms with Gasteiger partial charge in [0.15, 0.2) is 0 Å². The largest absolute Gasteiger partial charge is 0.356 e. The third-order valence-electron chi connectivity index (χ3n) is 4.87. The summed E-state index contributed by atoms with van der Waals surface area (Å²) in [5.41, 5.74) is 5.40. The van der Waals surface area contributed by atoms with Gasteiger partial charge in [0.2, 0.25) is 5.91 Å². The molecular weight excluding hydrogens is 320 g/mol. The Labute approximate surface area is 163 Å². The van der Waals surface area contributed by atoms with E-state index in [4.69, 9.17) is 5.73 Å². The van der Waals surface area contributed by atoms with Gasteiger partial charge in [0.25, 0.3) is 0 Å². The summed E-state index contributed by atoms with van der Waals surface area (Å²) in [5, 5.41) is 2.91. The van der Waals surface area contributed by atoms with Crippen LogP contribution < -0.4 is 11.1 Å². The highest BCUT2D eigenvalue weighted by Crippen LogP contribution is 2.11. The van der Waals surface area contributed by atoms with E-state index in [-0.39, 0.29) is 5.91 Å². The van der Waals surface area contributed by atoms with E-state index in [0.29, 0.717) is 13.0 Å². The normalized spacial score (nSPS) is 11.3. The van der Waals surface area contributed by atoms with Crippen LogP contribution in [0, 0.1) is 0 Å². The van der Waals surface area contributed by atoms with Gasteiger partial charge in [0.05, 0.1) is 0 Å². The van der Waals surface area contributed by atoms with Crippen LogP contribution in [0.25, 0.3) is 0 Å². The molecule has 0 atom stereocenters. The number of allylic oxidation sites excluding steroid dienone is 2. The molecular formula is C23H46N2O. The van der Waals surface area contributed by atoms with Crippen molar-refractivity contribution in [2.45, 2.75) is 116 Å². The molecule has 0 heterocycles. The first-order valence-corrected chi connectivity index (χ1v) is 11.4. The molecule has 154 valence electrons. The lowest BCUT2D eigenvalue weighted by atomic mass is 10.1. The average molecular weight is 367 g/mol. The summed E-state index contributed by atoms with van der Waals surface area (Å²) in [7, 11) is 0. The van der Waals surface area contributed by atoms with E-state index < -0.39 is 0 Å². The van der Waals surface area contributed by atoms with Crippen LogP contribution in [-0.2, 0) is 4.79 Å². The van der Waals surface area contributed by atoms with Crippen molar-refractivity contribution >= 4 is 5.91 Å². The molecule has 0 radical (unpaired) electrons. The Morgan fingerprint density at radius 2 is 1.23 bits per heavy atom. The Morgan fingerprint density at radius 1 is 0.731 bits per heavy atom. The van der Waals surface area contributed by atoms with Crippen LogP contribution in [0.15, 0.2) is 12.2 Å². The Kier molecular flexibility index (Phi) is 21.5. The molecule has 0 unspecified atom stereocenters. The van der Waals surface area contributed by atoms with Crippen molar-refractivity contribution in [3.05, 3.63) is 12.2 Å². The molecule has 3 heteroatoms. The van der Waals surface area contributed by atoms with E-state index in [1.54, 1.807) is 0 Å². The van der Waals surface area contributed by atoms with Crippen molar-refractivity contribution in [3.63, 3.8) is 0 Å². The Bertz CT molecular complexity index is 315. The standard InChI is InChI=1S/C23H46N2O/c1-2-3-4-5-6-7-8-9-10-11-12-13-14-15-16-17-18-20-23(26)25-22-19-21-24/h9-10H,2-8,11-22,24H2,1H3,(H,25,26)/b10-9+. The molecule has 0 aliphatic rings. The molecule has 3 nitrogen and oxygen atoms in total. The summed E-state index contributed by atoms with van der Waals surface area (Å²) in [6.45, 7) is 3.65. The summed E-state index contributed by atoms with van der Waals surface area (Å²) in [6, 6.07) is 0. The fourth-order valence-electron chi connectivity index (χ4n) is 3.13. The van der Waals surface area contributed by atoms with Crippen molar-refractivity contribution in [2.24, 2.45) is 5.73 Å². The van der Waals surface area contributed by atoms with Crippen LogP contribution in [0.1, 0.15) is 116 Å². The van der Waals surface area contributed by atoms with Gasteiger partial charge in [-0.15, -0.1) is 0 Å². The van der Waals surface area contributed by atoms with Crippen molar-refractivity contribution < 1.29 is 4.79 Å². The van der Waals surface area contributed by atoms with E-state index in [0.717, 1.165) is 19.4 Å². The van der Waals surface area contributed by atoms with Gasteiger partial charge in [-0.2, -0.15) is 0 Å². The van der Waals surface area contributed by atoms with Gasteiger partial charge < -0.3 is 11.1 Å². The monoisotopic (exact) mass is 366 g/mol. The Hall–Kier alpha value is -0.830. The second-order valence-electron chi connectivity index (χ2n) is 7.53. The molecule has 0 saturated carbocycles. The predicted octanol–water partition coefficient (Wildman–Crippen LogP) is 6.27. The molecule has 0 spiro atoms. The molecule has 0 rings (SSSR count). The van der Waals surface area contributed by atoms with Gasteiger partial charge in [-0.25, -0.2) is 0 Å². The van der Waals surface area contributed by atoms with E-state index in [1.807, 2.05) is 0 Å². The lowest BCUT2D eigenvalue weighted by Gasteiger charge is -2.04. The summed E-state index contributed by atoms with van der Waals surface area (Å²) < 4.78 is 0. The second kappa shape index (κ2) is 22.2. The van der Waals surface area contributed by atoms with Gasteiger partial charge in [0, 0.05) is 13.0 Å². The highest BCUT2D eigenvalue weighted by Gasteiger charge is 1.99. The molecule has 1 amide bonds. The van der Waals surface area contributed by atoms with Crippen molar-refractivity contribution in [3.8, 4) is 0 Å². The number of nitrogens with one attached hydrogen (secondary N) is 1. The van der Waals surface area contributed by atoms with Gasteiger partial charge in [-0.3, -0.25) is 4.79 Å². The summed E-state index contributed by atoms with van der Waals surface area (Å²) in [6.07, 6.45) is 26.0. The molecule has 26 heavy (non-hydrogen) atoms. The average Bonchev–Trinajstić information content (AvgIpc) is 2.64. The number of amides is 1. The first-order chi connectivity index (χ1) is 12.8. The molecule has 0 aliphatic heterocycles. The maximum atomic E-state index is 11.5. The molecule has 0 saturated heterocycles. The number of nitrogens with two attached hydrogens (primary N) is 1. The fraction of sp³-hybridized carbons (Fsp3) is 0.870. The summed E-state index contributed by atoms with van der Waals surface area (Å²) in [4.78, 5) is 11.5. The minimum atomic E-state index is 0.186. The molecule has 0 aromatic carbocycles. The van der Waals surface area contributed by atoms with Gasteiger partial charge in [-0.05, 0) is 45.1 Å². The van der Waals surface area contributed by atoms with Crippen molar-refractivity contribution in [2.75, 3.05) is 13.1 Å². The molecule has 0 bridgehead atoms. The van der Waals surface area contributed by atoms with Crippen LogP contribution >= 0.6 is 0 Å². The molecule has 0 aromatic rings. The first-order valence-electron chi connectivity index (χ1n) is 11.4. The third-order valence-corrected chi connectivity index (χ3v) is 4.87. The van der Waals surface area contributed by atoms with Crippen LogP contribution in [0.2, 0.25) is 0 Å². The highest BCUT2D eigenvalue weighted by molar-refractivity contribution is 5.75. The molecule has 3 N–H and O–H groups in total. The van der Waals surface area contributed by atoms with E-state index in [2.05, 4.69) is 24.4 Å². The van der Waals surface area contributed by atoms with Crippen LogP contribution in [0.3, 0.4) is 0 Å². The van der Waals surface area contributed by atoms with Gasteiger partial charge in [0.1, 0.15) is 0 Å². The molecule has 0 aliphatic carbocycles. The number of hydrogen-bond acceptors (Lipinski definition) is 2. The number of carbonyl (C=O) groups excluding carboxylic acids is 1. The zero-order valence-corrected chi connectivity index (χ0v) is 17.6. The number of unbranched alkanes of at least 4 members (excludes halogenated alkanes) is 13. The smallest absolute Gasteiger partial charge is 0.219 e. The van der Waals surface area contributed by atoms with Crippen LogP contribution in [0.5, 0.6) is 0 Å². The molecule has 0 fully saturated rings. The minimum absolute atomic E-state index is 0.186. The van der Waals surface area contributed by atoms with E-state index >= 15 is 0 Å². The lowest BCUT2D eigenvalue weighted by Crippen LogP contribution is -2.25. The Balaban J connectivity index is 3.14.